The fourth-order valence-electron chi connectivity index (χ4n) is 4.69. The van der Waals surface area contributed by atoms with Crippen molar-refractivity contribution in [2.75, 3.05) is 19.6 Å². The van der Waals surface area contributed by atoms with E-state index in [1.54, 1.807) is 0 Å². The lowest BCUT2D eigenvalue weighted by atomic mass is 10.0. The van der Waals surface area contributed by atoms with Gasteiger partial charge in [0.2, 0.25) is 5.91 Å². The zero-order chi connectivity index (χ0) is 23.9. The number of amides is 2. The van der Waals surface area contributed by atoms with E-state index in [4.69, 9.17) is 0 Å². The lowest BCUT2D eigenvalue weighted by Crippen LogP contribution is -2.50. The standard InChI is InChI=1S/C27H33F2N3O2/c28-21-11-7-19(8-12-21)23-18-25(23)30-15-3-2-6-24(27(34)32-16-4-1-5-17-32)31-26(33)20-9-13-22(29)14-10-20/h7-14,23-25,30H,1-6,15-18H2,(H,31,33). The van der Waals surface area contributed by atoms with Crippen molar-refractivity contribution in [1.29, 1.82) is 0 Å². The minimum absolute atomic E-state index is 0.0262. The second kappa shape index (κ2) is 11.6. The largest absolute Gasteiger partial charge is 0.341 e. The fraction of sp³-hybridized carbons (Fsp3) is 0.481. The van der Waals surface area contributed by atoms with Crippen LogP contribution in [0.1, 0.15) is 66.8 Å². The highest BCUT2D eigenvalue weighted by atomic mass is 19.1. The van der Waals surface area contributed by atoms with E-state index in [1.807, 2.05) is 17.0 Å². The number of nitrogens with one attached hydrogen (secondary N) is 2. The van der Waals surface area contributed by atoms with E-state index < -0.39 is 11.9 Å². The third-order valence-electron chi connectivity index (χ3n) is 6.79. The molecule has 7 heteroatoms. The number of rotatable bonds is 10. The number of carbonyl (C=O) groups excluding carboxylic acids is 2. The van der Waals surface area contributed by atoms with Gasteiger partial charge in [0.25, 0.3) is 5.91 Å². The second-order valence-corrected chi connectivity index (χ2v) is 9.37. The molecule has 2 aromatic rings. The molecule has 5 nitrogen and oxygen atoms in total. The predicted molar refractivity (Wildman–Crippen MR) is 127 cm³/mol. The summed E-state index contributed by atoms with van der Waals surface area (Å²) in [4.78, 5) is 27.7. The molecule has 34 heavy (non-hydrogen) atoms. The van der Waals surface area contributed by atoms with Crippen LogP contribution in [0.2, 0.25) is 0 Å². The van der Waals surface area contributed by atoms with Gasteiger partial charge in [-0.1, -0.05) is 12.1 Å². The van der Waals surface area contributed by atoms with Crippen LogP contribution in [-0.4, -0.2) is 48.4 Å². The molecule has 0 spiro atoms. The van der Waals surface area contributed by atoms with Crippen LogP contribution >= 0.6 is 0 Å². The van der Waals surface area contributed by atoms with Crippen LogP contribution in [0.5, 0.6) is 0 Å². The number of piperidine rings is 1. The summed E-state index contributed by atoms with van der Waals surface area (Å²) in [6, 6.07) is 11.9. The first-order chi connectivity index (χ1) is 16.5. The summed E-state index contributed by atoms with van der Waals surface area (Å²) in [6.45, 7) is 2.30. The van der Waals surface area contributed by atoms with Crippen molar-refractivity contribution in [2.45, 2.75) is 62.9 Å². The predicted octanol–water partition coefficient (Wildman–Crippen LogP) is 4.39. The Labute approximate surface area is 199 Å². The molecule has 1 saturated heterocycles. The van der Waals surface area contributed by atoms with Gasteiger partial charge in [-0.15, -0.1) is 0 Å². The van der Waals surface area contributed by atoms with Crippen molar-refractivity contribution < 1.29 is 18.4 Å². The Morgan fingerprint density at radius 2 is 1.56 bits per heavy atom. The highest BCUT2D eigenvalue weighted by Crippen LogP contribution is 2.40. The van der Waals surface area contributed by atoms with Gasteiger partial charge >= 0.3 is 0 Å². The number of halogens is 2. The molecule has 1 heterocycles. The van der Waals surface area contributed by atoms with Crippen LogP contribution in [0, 0.1) is 11.6 Å². The molecule has 0 aromatic heterocycles. The van der Waals surface area contributed by atoms with Gasteiger partial charge in [0.05, 0.1) is 0 Å². The van der Waals surface area contributed by atoms with Crippen LogP contribution in [0.4, 0.5) is 8.78 Å². The zero-order valence-electron chi connectivity index (χ0n) is 19.4. The summed E-state index contributed by atoms with van der Waals surface area (Å²) in [5.41, 5.74) is 1.51. The van der Waals surface area contributed by atoms with E-state index in [0.29, 0.717) is 23.9 Å². The summed E-state index contributed by atoms with van der Waals surface area (Å²) in [6.07, 6.45) is 6.42. The lowest BCUT2D eigenvalue weighted by molar-refractivity contribution is -0.134. The minimum atomic E-state index is -0.580. The summed E-state index contributed by atoms with van der Waals surface area (Å²) in [7, 11) is 0. The van der Waals surface area contributed by atoms with Crippen LogP contribution < -0.4 is 10.6 Å². The van der Waals surface area contributed by atoms with E-state index in [2.05, 4.69) is 10.6 Å². The number of benzene rings is 2. The summed E-state index contributed by atoms with van der Waals surface area (Å²) >= 11 is 0. The van der Waals surface area contributed by atoms with Crippen molar-refractivity contribution in [3.8, 4) is 0 Å². The molecule has 1 aliphatic carbocycles. The molecular weight excluding hydrogens is 436 g/mol. The number of nitrogens with zero attached hydrogens (tertiary/aromatic N) is 1. The van der Waals surface area contributed by atoms with Crippen LogP contribution in [-0.2, 0) is 4.79 Å². The summed E-state index contributed by atoms with van der Waals surface area (Å²) in [5.74, 6) is -0.560. The van der Waals surface area contributed by atoms with Gasteiger partial charge in [-0.3, -0.25) is 9.59 Å². The third kappa shape index (κ3) is 6.63. The SMILES string of the molecule is O=C(NC(CCCCNC1CC1c1ccc(F)cc1)C(=O)N1CCCCC1)c1ccc(F)cc1. The minimum Gasteiger partial charge on any atom is -0.341 e. The van der Waals surface area contributed by atoms with E-state index in [0.717, 1.165) is 63.7 Å². The Kier molecular flexibility index (Phi) is 8.27. The number of hydrogen-bond donors (Lipinski definition) is 2. The number of hydrogen-bond acceptors (Lipinski definition) is 3. The average Bonchev–Trinajstić information content (AvgIpc) is 3.63. The number of likely N-dealkylation sites (tertiary alicyclic amines) is 1. The molecule has 2 aliphatic rings. The molecule has 0 radical (unpaired) electrons. The molecule has 4 rings (SSSR count). The molecule has 3 atom stereocenters. The summed E-state index contributed by atoms with van der Waals surface area (Å²) < 4.78 is 26.3. The van der Waals surface area contributed by atoms with Gasteiger partial charge in [-0.2, -0.15) is 0 Å². The van der Waals surface area contributed by atoms with E-state index in [1.165, 1.54) is 36.4 Å². The van der Waals surface area contributed by atoms with Crippen molar-refractivity contribution >= 4 is 11.8 Å². The topological polar surface area (TPSA) is 61.4 Å². The molecule has 0 bridgehead atoms. The van der Waals surface area contributed by atoms with Crippen molar-refractivity contribution in [3.63, 3.8) is 0 Å². The maximum Gasteiger partial charge on any atom is 0.251 e. The molecule has 2 amide bonds. The first kappa shape index (κ1) is 24.3. The van der Waals surface area contributed by atoms with Gasteiger partial charge in [0, 0.05) is 30.6 Å². The zero-order valence-corrected chi connectivity index (χ0v) is 19.4. The molecule has 3 unspecified atom stereocenters. The highest BCUT2D eigenvalue weighted by molar-refractivity contribution is 5.97. The van der Waals surface area contributed by atoms with Gasteiger partial charge in [0.1, 0.15) is 17.7 Å². The Morgan fingerprint density at radius 1 is 0.912 bits per heavy atom. The van der Waals surface area contributed by atoms with Crippen molar-refractivity contribution in [1.82, 2.24) is 15.5 Å². The highest BCUT2D eigenvalue weighted by Gasteiger charge is 2.37. The van der Waals surface area contributed by atoms with Gasteiger partial charge in [-0.25, -0.2) is 8.78 Å². The quantitative estimate of drug-likeness (QED) is 0.508. The van der Waals surface area contributed by atoms with Crippen LogP contribution in [0.3, 0.4) is 0 Å². The normalized spacial score (nSPS) is 20.6. The Hall–Kier alpha value is -2.80. The molecule has 2 aromatic carbocycles. The average molecular weight is 470 g/mol. The molecule has 1 aliphatic heterocycles. The maximum absolute atomic E-state index is 13.2. The van der Waals surface area contributed by atoms with Crippen LogP contribution in [0.25, 0.3) is 0 Å². The summed E-state index contributed by atoms with van der Waals surface area (Å²) in [5, 5.41) is 6.44. The van der Waals surface area contributed by atoms with E-state index >= 15 is 0 Å². The second-order valence-electron chi connectivity index (χ2n) is 9.37. The Balaban J connectivity index is 1.25. The van der Waals surface area contributed by atoms with E-state index in [-0.39, 0.29) is 17.6 Å². The Bertz CT molecular complexity index is 959. The molecular formula is C27H33F2N3O2. The van der Waals surface area contributed by atoms with Gasteiger partial charge in [-0.05, 0) is 93.5 Å². The number of carbonyl (C=O) groups is 2. The maximum atomic E-state index is 13.2. The van der Waals surface area contributed by atoms with Gasteiger partial charge in [0.15, 0.2) is 0 Å². The number of unbranched alkanes of at least 4 members (excludes halogenated alkanes) is 1. The molecule has 1 saturated carbocycles. The van der Waals surface area contributed by atoms with Gasteiger partial charge < -0.3 is 15.5 Å². The lowest BCUT2D eigenvalue weighted by Gasteiger charge is -2.31. The third-order valence-corrected chi connectivity index (χ3v) is 6.79. The first-order valence-electron chi connectivity index (χ1n) is 12.4. The molecule has 2 fully saturated rings. The van der Waals surface area contributed by atoms with Crippen molar-refractivity contribution in [3.05, 3.63) is 71.3 Å². The Morgan fingerprint density at radius 3 is 2.24 bits per heavy atom. The smallest absolute Gasteiger partial charge is 0.251 e. The molecule has 182 valence electrons. The van der Waals surface area contributed by atoms with Crippen molar-refractivity contribution in [2.24, 2.45) is 0 Å². The van der Waals surface area contributed by atoms with E-state index in [9.17, 15) is 18.4 Å². The van der Waals surface area contributed by atoms with Crippen LogP contribution in [0.15, 0.2) is 48.5 Å². The monoisotopic (exact) mass is 469 g/mol. The molecule has 2 N–H and O–H groups in total. The first-order valence-corrected chi connectivity index (χ1v) is 12.4. The fourth-order valence-corrected chi connectivity index (χ4v) is 4.69.